The van der Waals surface area contributed by atoms with Gasteiger partial charge in [-0.25, -0.2) is 0 Å². The molecule has 0 aliphatic rings. The van der Waals surface area contributed by atoms with Crippen LogP contribution in [0.25, 0.3) is 0 Å². The van der Waals surface area contributed by atoms with Crippen molar-refractivity contribution in [2.45, 2.75) is 6.42 Å². The highest BCUT2D eigenvalue weighted by Gasteiger charge is 2.15. The number of hydrogen-bond acceptors (Lipinski definition) is 3. The van der Waals surface area contributed by atoms with Gasteiger partial charge in [0, 0.05) is 19.2 Å². The summed E-state index contributed by atoms with van der Waals surface area (Å²) in [6.07, 6.45) is 1.76. The Hall–Kier alpha value is -1.81. The number of nitrogens with zero attached hydrogens (tertiary/aromatic N) is 2. The maximum atomic E-state index is 12.0. The summed E-state index contributed by atoms with van der Waals surface area (Å²) in [6, 6.07) is 7.20. The van der Waals surface area contributed by atoms with Gasteiger partial charge in [0.2, 0.25) is 0 Å². The van der Waals surface area contributed by atoms with Crippen LogP contribution in [0.5, 0.6) is 0 Å². The van der Waals surface area contributed by atoms with Crippen molar-refractivity contribution < 1.29 is 4.79 Å². The lowest BCUT2D eigenvalue weighted by atomic mass is 10.1. The van der Waals surface area contributed by atoms with Crippen molar-refractivity contribution in [3.63, 3.8) is 0 Å². The van der Waals surface area contributed by atoms with Crippen molar-refractivity contribution in [3.8, 4) is 0 Å². The minimum absolute atomic E-state index is 0.0558. The molecule has 5 heteroatoms. The van der Waals surface area contributed by atoms with Gasteiger partial charge in [0.15, 0.2) is 5.78 Å². The fourth-order valence-electron chi connectivity index (χ4n) is 1.63. The highest BCUT2D eigenvalue weighted by Crippen LogP contribution is 2.17. The summed E-state index contributed by atoms with van der Waals surface area (Å²) in [7, 11) is 1.70. The first-order valence-corrected chi connectivity index (χ1v) is 5.51. The number of benzene rings is 1. The first-order valence-electron chi connectivity index (χ1n) is 5.13. The van der Waals surface area contributed by atoms with Crippen LogP contribution >= 0.6 is 11.6 Å². The molecule has 1 heterocycles. The Bertz CT molecular complexity index is 526. The zero-order valence-corrected chi connectivity index (χ0v) is 10.1. The van der Waals surface area contributed by atoms with Gasteiger partial charge in [0.1, 0.15) is 5.69 Å². The zero-order valence-electron chi connectivity index (χ0n) is 9.35. The maximum Gasteiger partial charge on any atom is 0.186 e. The molecule has 0 atom stereocenters. The number of ketones is 1. The van der Waals surface area contributed by atoms with E-state index >= 15 is 0 Å². The minimum Gasteiger partial charge on any atom is -0.399 e. The van der Waals surface area contributed by atoms with Crippen molar-refractivity contribution in [2.75, 3.05) is 5.73 Å². The normalized spacial score (nSPS) is 10.5. The third-order valence-electron chi connectivity index (χ3n) is 2.50. The van der Waals surface area contributed by atoms with Gasteiger partial charge in [-0.2, -0.15) is 5.10 Å². The number of anilines is 1. The van der Waals surface area contributed by atoms with E-state index in [-0.39, 0.29) is 5.78 Å². The molecule has 0 radical (unpaired) electrons. The molecular formula is C12H12ClN3O. The van der Waals surface area contributed by atoms with Crippen LogP contribution in [0.4, 0.5) is 5.69 Å². The van der Waals surface area contributed by atoms with Gasteiger partial charge in [-0.1, -0.05) is 23.7 Å². The zero-order chi connectivity index (χ0) is 12.4. The Balaban J connectivity index is 2.20. The summed E-state index contributed by atoms with van der Waals surface area (Å²) in [5.41, 5.74) is 7.60. The van der Waals surface area contributed by atoms with E-state index in [2.05, 4.69) is 5.10 Å². The van der Waals surface area contributed by atoms with Crippen LogP contribution in [0, 0.1) is 0 Å². The lowest BCUT2D eigenvalue weighted by Gasteiger charge is -2.03. The van der Waals surface area contributed by atoms with Gasteiger partial charge in [0.05, 0.1) is 11.2 Å². The molecule has 0 fully saturated rings. The highest BCUT2D eigenvalue weighted by molar-refractivity contribution is 6.33. The molecule has 0 bridgehead atoms. The monoisotopic (exact) mass is 249 g/mol. The van der Waals surface area contributed by atoms with Gasteiger partial charge >= 0.3 is 0 Å². The largest absolute Gasteiger partial charge is 0.399 e. The van der Waals surface area contributed by atoms with Crippen LogP contribution in [0.3, 0.4) is 0 Å². The van der Waals surface area contributed by atoms with Crippen LogP contribution < -0.4 is 5.73 Å². The lowest BCUT2D eigenvalue weighted by molar-refractivity contribution is 0.0984. The molecule has 2 N–H and O–H groups in total. The number of rotatable bonds is 3. The molecule has 0 spiro atoms. The second-order valence-electron chi connectivity index (χ2n) is 3.81. The predicted molar refractivity (Wildman–Crippen MR) is 67.1 cm³/mol. The summed E-state index contributed by atoms with van der Waals surface area (Å²) in [5, 5.41) is 4.32. The van der Waals surface area contributed by atoms with Crippen molar-refractivity contribution in [3.05, 3.63) is 46.7 Å². The van der Waals surface area contributed by atoms with E-state index in [1.165, 1.54) is 10.9 Å². The number of nitrogens with two attached hydrogens (primary N) is 1. The Morgan fingerprint density at radius 1 is 1.41 bits per heavy atom. The Morgan fingerprint density at radius 2 is 2.06 bits per heavy atom. The molecule has 17 heavy (non-hydrogen) atoms. The van der Waals surface area contributed by atoms with E-state index in [0.717, 1.165) is 5.56 Å². The highest BCUT2D eigenvalue weighted by atomic mass is 35.5. The molecule has 4 nitrogen and oxygen atoms in total. The standard InChI is InChI=1S/C12H12ClN3O/c1-16-12(10(13)7-15-16)11(17)6-8-2-4-9(14)5-3-8/h2-5,7H,6,14H2,1H3. The third-order valence-corrected chi connectivity index (χ3v) is 2.78. The number of aromatic nitrogens is 2. The fourth-order valence-corrected chi connectivity index (χ4v) is 1.90. The minimum atomic E-state index is -0.0558. The van der Waals surface area contributed by atoms with Gasteiger partial charge in [-0.3, -0.25) is 9.48 Å². The van der Waals surface area contributed by atoms with Crippen LogP contribution in [-0.4, -0.2) is 15.6 Å². The molecule has 0 amide bonds. The summed E-state index contributed by atoms with van der Waals surface area (Å²) >= 11 is 5.91. The van der Waals surface area contributed by atoms with E-state index < -0.39 is 0 Å². The molecule has 0 aliphatic carbocycles. The molecule has 1 aromatic carbocycles. The molecule has 2 rings (SSSR count). The Labute approximate surface area is 104 Å². The number of carbonyl (C=O) groups excluding carboxylic acids is 1. The van der Waals surface area contributed by atoms with Gasteiger partial charge in [0.25, 0.3) is 0 Å². The number of halogens is 1. The van der Waals surface area contributed by atoms with Gasteiger partial charge in [-0.15, -0.1) is 0 Å². The maximum absolute atomic E-state index is 12.0. The average molecular weight is 250 g/mol. The average Bonchev–Trinajstić information content (AvgIpc) is 2.62. The number of carbonyl (C=O) groups is 1. The van der Waals surface area contributed by atoms with Gasteiger partial charge in [-0.05, 0) is 17.7 Å². The van der Waals surface area contributed by atoms with E-state index in [0.29, 0.717) is 22.8 Å². The molecule has 0 aliphatic heterocycles. The lowest BCUT2D eigenvalue weighted by Crippen LogP contribution is -2.10. The summed E-state index contributed by atoms with van der Waals surface area (Å²) in [6.45, 7) is 0. The summed E-state index contributed by atoms with van der Waals surface area (Å²) < 4.78 is 1.49. The van der Waals surface area contributed by atoms with E-state index in [1.54, 1.807) is 19.2 Å². The van der Waals surface area contributed by atoms with Crippen LogP contribution in [0.15, 0.2) is 30.5 Å². The molecule has 0 unspecified atom stereocenters. The molecule has 2 aromatic rings. The van der Waals surface area contributed by atoms with Crippen LogP contribution in [0.2, 0.25) is 5.02 Å². The van der Waals surface area contributed by atoms with Crippen molar-refractivity contribution >= 4 is 23.1 Å². The van der Waals surface area contributed by atoms with Crippen LogP contribution in [-0.2, 0) is 13.5 Å². The second kappa shape index (κ2) is 4.59. The third kappa shape index (κ3) is 2.47. The summed E-state index contributed by atoms with van der Waals surface area (Å²) in [4.78, 5) is 12.0. The Morgan fingerprint density at radius 3 is 2.59 bits per heavy atom. The number of hydrogen-bond donors (Lipinski definition) is 1. The quantitative estimate of drug-likeness (QED) is 0.669. The van der Waals surface area contributed by atoms with Crippen molar-refractivity contribution in [1.82, 2.24) is 9.78 Å². The number of Topliss-reactive ketones (excluding diaryl/α,β-unsaturated/α-hetero) is 1. The molecule has 1 aromatic heterocycles. The molecular weight excluding hydrogens is 238 g/mol. The van der Waals surface area contributed by atoms with E-state index in [9.17, 15) is 4.79 Å². The second-order valence-corrected chi connectivity index (χ2v) is 4.21. The van der Waals surface area contributed by atoms with Crippen molar-refractivity contribution in [2.24, 2.45) is 7.05 Å². The van der Waals surface area contributed by atoms with Gasteiger partial charge < -0.3 is 5.73 Å². The first-order chi connectivity index (χ1) is 8.08. The SMILES string of the molecule is Cn1ncc(Cl)c1C(=O)Cc1ccc(N)cc1. The van der Waals surface area contributed by atoms with E-state index in [4.69, 9.17) is 17.3 Å². The van der Waals surface area contributed by atoms with Crippen LogP contribution in [0.1, 0.15) is 16.1 Å². The first kappa shape index (κ1) is 11.7. The Kier molecular flexibility index (Phi) is 3.15. The topological polar surface area (TPSA) is 60.9 Å². The fraction of sp³-hybridized carbons (Fsp3) is 0.167. The molecule has 88 valence electrons. The summed E-state index contributed by atoms with van der Waals surface area (Å²) in [5.74, 6) is -0.0558. The number of nitrogen functional groups attached to an aromatic ring is 1. The van der Waals surface area contributed by atoms with Crippen molar-refractivity contribution in [1.29, 1.82) is 0 Å². The predicted octanol–water partition coefficient (Wildman–Crippen LogP) is 2.08. The molecule has 0 saturated carbocycles. The van der Waals surface area contributed by atoms with E-state index in [1.807, 2.05) is 12.1 Å². The number of aryl methyl sites for hydroxylation is 1. The molecule has 0 saturated heterocycles. The smallest absolute Gasteiger partial charge is 0.186 e.